The van der Waals surface area contributed by atoms with Gasteiger partial charge in [-0.05, 0) is 49.7 Å². The van der Waals surface area contributed by atoms with E-state index in [0.717, 1.165) is 50.3 Å². The van der Waals surface area contributed by atoms with Gasteiger partial charge in [0, 0.05) is 0 Å². The van der Waals surface area contributed by atoms with Gasteiger partial charge >= 0.3 is 0 Å². The molecule has 0 amide bonds. The summed E-state index contributed by atoms with van der Waals surface area (Å²) in [6, 6.07) is 21.8. The van der Waals surface area contributed by atoms with Crippen molar-refractivity contribution in [2.24, 2.45) is 9.98 Å². The molecule has 0 unspecified atom stereocenters. The molecule has 0 aliphatic carbocycles. The average molecular weight is 391 g/mol. The number of aryl methyl sites for hydroxylation is 2. The maximum absolute atomic E-state index is 5.79. The molecule has 0 N–H and O–H groups in total. The summed E-state index contributed by atoms with van der Waals surface area (Å²) in [6.45, 7) is 1.38. The Balaban J connectivity index is 1.16. The first-order valence-corrected chi connectivity index (χ1v) is 10.8. The topological polar surface area (TPSA) is 43.2 Å². The van der Waals surface area contributed by atoms with Crippen molar-refractivity contribution in [3.05, 3.63) is 71.8 Å². The van der Waals surface area contributed by atoms with Gasteiger partial charge in [0.05, 0.1) is 18.5 Å². The van der Waals surface area contributed by atoms with Crippen LogP contribution in [-0.4, -0.2) is 37.1 Å². The lowest BCUT2D eigenvalue weighted by Gasteiger charge is -2.04. The zero-order chi connectivity index (χ0) is 19.7. The van der Waals surface area contributed by atoms with Crippen LogP contribution in [0.2, 0.25) is 0 Å². The van der Waals surface area contributed by atoms with Crippen molar-refractivity contribution in [2.45, 2.75) is 57.0 Å². The highest BCUT2D eigenvalue weighted by atomic mass is 16.5. The normalized spacial score (nSPS) is 20.7. The van der Waals surface area contributed by atoms with Crippen molar-refractivity contribution in [3.63, 3.8) is 0 Å². The Hall–Kier alpha value is -2.62. The molecule has 29 heavy (non-hydrogen) atoms. The summed E-state index contributed by atoms with van der Waals surface area (Å²) in [5.74, 6) is 1.58. The molecule has 2 aromatic rings. The van der Waals surface area contributed by atoms with Crippen LogP contribution in [0.1, 0.15) is 43.2 Å². The van der Waals surface area contributed by atoms with Crippen LogP contribution in [0.3, 0.4) is 0 Å². The number of ether oxygens (including phenoxy) is 2. The van der Waals surface area contributed by atoms with E-state index in [9.17, 15) is 0 Å². The summed E-state index contributed by atoms with van der Waals surface area (Å²) >= 11 is 0. The second kappa shape index (κ2) is 10.2. The van der Waals surface area contributed by atoms with Crippen molar-refractivity contribution in [1.82, 2.24) is 0 Å². The molecule has 2 aliphatic rings. The van der Waals surface area contributed by atoms with Crippen LogP contribution in [0.5, 0.6) is 0 Å². The molecule has 0 radical (unpaired) electrons. The Kier molecular flexibility index (Phi) is 6.95. The lowest BCUT2D eigenvalue weighted by atomic mass is 10.1. The fraction of sp³-hybridized carbons (Fsp3) is 0.440. The largest absolute Gasteiger partial charge is 0.478 e. The van der Waals surface area contributed by atoms with Crippen LogP contribution < -0.4 is 0 Å². The minimum absolute atomic E-state index is 0.275. The molecule has 2 heterocycles. The van der Waals surface area contributed by atoms with Crippen LogP contribution in [0.15, 0.2) is 70.6 Å². The molecule has 0 fully saturated rings. The summed E-state index contributed by atoms with van der Waals surface area (Å²) < 4.78 is 11.6. The van der Waals surface area contributed by atoms with E-state index in [-0.39, 0.29) is 12.1 Å². The number of aliphatic imine (C=N–C) groups is 2. The van der Waals surface area contributed by atoms with E-state index in [2.05, 4.69) is 60.7 Å². The molecule has 2 aromatic carbocycles. The maximum atomic E-state index is 5.79. The van der Waals surface area contributed by atoms with Crippen LogP contribution in [-0.2, 0) is 22.3 Å². The minimum Gasteiger partial charge on any atom is -0.478 e. The highest BCUT2D eigenvalue weighted by molar-refractivity contribution is 5.98. The van der Waals surface area contributed by atoms with Crippen molar-refractivity contribution in [3.8, 4) is 0 Å². The van der Waals surface area contributed by atoms with Gasteiger partial charge in [-0.1, -0.05) is 60.7 Å². The summed E-state index contributed by atoms with van der Waals surface area (Å²) in [4.78, 5) is 9.49. The van der Waals surface area contributed by atoms with E-state index in [4.69, 9.17) is 19.5 Å². The second-order valence-corrected chi connectivity index (χ2v) is 7.91. The van der Waals surface area contributed by atoms with E-state index >= 15 is 0 Å². The standard InChI is InChI=1S/C25H30N2O2/c1-3-9-20(10-4-1)13-7-15-22-18-28-24(26-22)17-25-27-23(19-29-25)16-8-14-21-11-5-2-6-12-21/h1-6,9-12,22-23H,7-8,13-19H2/t22-,23-/m0/s1. The van der Waals surface area contributed by atoms with Gasteiger partial charge in [-0.2, -0.15) is 0 Å². The molecule has 0 spiro atoms. The molecule has 4 heteroatoms. The van der Waals surface area contributed by atoms with E-state index in [0.29, 0.717) is 19.6 Å². The van der Waals surface area contributed by atoms with Crippen LogP contribution in [0.25, 0.3) is 0 Å². The summed E-state index contributed by atoms with van der Waals surface area (Å²) in [5.41, 5.74) is 2.78. The van der Waals surface area contributed by atoms with Crippen LogP contribution >= 0.6 is 0 Å². The van der Waals surface area contributed by atoms with Crippen LogP contribution in [0, 0.1) is 0 Å². The summed E-state index contributed by atoms with van der Waals surface area (Å²) in [5, 5.41) is 0. The van der Waals surface area contributed by atoms with E-state index in [1.54, 1.807) is 0 Å². The predicted molar refractivity (Wildman–Crippen MR) is 118 cm³/mol. The highest BCUT2D eigenvalue weighted by Crippen LogP contribution is 2.18. The van der Waals surface area contributed by atoms with Gasteiger partial charge in [0.1, 0.15) is 13.2 Å². The first-order valence-electron chi connectivity index (χ1n) is 10.8. The molecule has 4 rings (SSSR count). The Bertz CT molecular complexity index is 748. The van der Waals surface area contributed by atoms with Crippen molar-refractivity contribution in [1.29, 1.82) is 0 Å². The van der Waals surface area contributed by atoms with Crippen molar-refractivity contribution >= 4 is 11.8 Å². The highest BCUT2D eigenvalue weighted by Gasteiger charge is 2.24. The number of nitrogens with zero attached hydrogens (tertiary/aromatic N) is 2. The maximum Gasteiger partial charge on any atom is 0.193 e. The molecular formula is C25H30N2O2. The number of hydrogen-bond acceptors (Lipinski definition) is 4. The fourth-order valence-corrected chi connectivity index (χ4v) is 3.93. The third-order valence-electron chi connectivity index (χ3n) is 5.53. The first kappa shape index (κ1) is 19.7. The predicted octanol–water partition coefficient (Wildman–Crippen LogP) is 5.02. The molecule has 0 aromatic heterocycles. The molecule has 4 nitrogen and oxygen atoms in total. The van der Waals surface area contributed by atoms with Gasteiger partial charge in [-0.15, -0.1) is 0 Å². The van der Waals surface area contributed by atoms with Gasteiger partial charge in [-0.3, -0.25) is 0 Å². The lowest BCUT2D eigenvalue weighted by molar-refractivity contribution is 0.292. The van der Waals surface area contributed by atoms with Gasteiger partial charge in [0.25, 0.3) is 0 Å². The van der Waals surface area contributed by atoms with Gasteiger partial charge in [0.15, 0.2) is 11.8 Å². The van der Waals surface area contributed by atoms with Gasteiger partial charge < -0.3 is 9.47 Å². The Morgan fingerprint density at radius 2 is 1.10 bits per heavy atom. The molecule has 0 saturated heterocycles. The molecule has 0 saturated carbocycles. The van der Waals surface area contributed by atoms with Gasteiger partial charge in [0.2, 0.25) is 0 Å². The fourth-order valence-electron chi connectivity index (χ4n) is 3.93. The second-order valence-electron chi connectivity index (χ2n) is 7.91. The van der Waals surface area contributed by atoms with E-state index < -0.39 is 0 Å². The zero-order valence-electron chi connectivity index (χ0n) is 17.0. The van der Waals surface area contributed by atoms with E-state index in [1.807, 2.05) is 0 Å². The average Bonchev–Trinajstić information content (AvgIpc) is 3.39. The minimum atomic E-state index is 0.275. The Morgan fingerprint density at radius 1 is 0.655 bits per heavy atom. The molecule has 2 aliphatic heterocycles. The van der Waals surface area contributed by atoms with Crippen molar-refractivity contribution in [2.75, 3.05) is 13.2 Å². The monoisotopic (exact) mass is 390 g/mol. The number of benzene rings is 2. The number of rotatable bonds is 10. The third-order valence-corrected chi connectivity index (χ3v) is 5.53. The molecule has 0 bridgehead atoms. The molecule has 152 valence electrons. The Labute approximate surface area is 173 Å². The first-order chi connectivity index (χ1) is 14.3. The number of hydrogen-bond donors (Lipinski definition) is 0. The zero-order valence-corrected chi connectivity index (χ0v) is 17.0. The molecule has 2 atom stereocenters. The Morgan fingerprint density at radius 3 is 1.55 bits per heavy atom. The lowest BCUT2D eigenvalue weighted by Crippen LogP contribution is -2.09. The quantitative estimate of drug-likeness (QED) is 0.572. The third kappa shape index (κ3) is 6.18. The smallest absolute Gasteiger partial charge is 0.193 e. The SMILES string of the molecule is c1ccc(CCC[C@H]2COC(CC3=N[C@@H](CCCc4ccccc4)CO3)=N2)cc1. The van der Waals surface area contributed by atoms with Crippen molar-refractivity contribution < 1.29 is 9.47 Å². The van der Waals surface area contributed by atoms with Gasteiger partial charge in [-0.25, -0.2) is 9.98 Å². The summed E-state index contributed by atoms with van der Waals surface area (Å²) in [7, 11) is 0. The molecular weight excluding hydrogens is 360 g/mol. The van der Waals surface area contributed by atoms with E-state index in [1.165, 1.54) is 11.1 Å². The van der Waals surface area contributed by atoms with Crippen LogP contribution in [0.4, 0.5) is 0 Å². The summed E-state index contributed by atoms with van der Waals surface area (Å²) in [6.07, 6.45) is 7.20.